The lowest BCUT2D eigenvalue weighted by Crippen LogP contribution is -2.45. The number of fused-ring (bicyclic) bond motifs is 1. The maximum absolute atomic E-state index is 13.1. The molecule has 9 heteroatoms. The van der Waals surface area contributed by atoms with Crippen molar-refractivity contribution in [3.63, 3.8) is 0 Å². The highest BCUT2D eigenvalue weighted by Crippen LogP contribution is 2.28. The lowest BCUT2D eigenvalue weighted by molar-refractivity contribution is 0.0937. The molecule has 0 fully saturated rings. The number of hydrogen-bond acceptors (Lipinski definition) is 7. The van der Waals surface area contributed by atoms with E-state index in [1.165, 1.54) is 0 Å². The van der Waals surface area contributed by atoms with Crippen molar-refractivity contribution in [2.24, 2.45) is 10.2 Å². The first-order chi connectivity index (χ1) is 16.0. The number of carbonyl (C=O) groups is 2. The van der Waals surface area contributed by atoms with Gasteiger partial charge in [-0.25, -0.2) is 4.79 Å². The molecule has 0 saturated heterocycles. The summed E-state index contributed by atoms with van der Waals surface area (Å²) in [6, 6.07) is 3.67. The Morgan fingerprint density at radius 1 is 1.27 bits per heavy atom. The van der Waals surface area contributed by atoms with Crippen LogP contribution in [-0.4, -0.2) is 55.8 Å². The zero-order valence-electron chi connectivity index (χ0n) is 19.3. The topological polar surface area (TPSA) is 105 Å². The van der Waals surface area contributed by atoms with E-state index in [-0.39, 0.29) is 12.0 Å². The number of nitrogens with one attached hydrogen (secondary N) is 2. The summed E-state index contributed by atoms with van der Waals surface area (Å²) in [4.78, 5) is 26.9. The Morgan fingerprint density at radius 2 is 2.12 bits per heavy atom. The summed E-state index contributed by atoms with van der Waals surface area (Å²) in [6.07, 6.45) is 10.7. The van der Waals surface area contributed by atoms with Crippen molar-refractivity contribution < 1.29 is 19.1 Å². The predicted molar refractivity (Wildman–Crippen MR) is 128 cm³/mol. The molecule has 176 valence electrons. The van der Waals surface area contributed by atoms with E-state index in [0.717, 1.165) is 29.7 Å². The summed E-state index contributed by atoms with van der Waals surface area (Å²) in [5.74, 6) is 0.211. The van der Waals surface area contributed by atoms with Crippen LogP contribution >= 0.6 is 0 Å². The third-order valence-electron chi connectivity index (χ3n) is 5.26. The van der Waals surface area contributed by atoms with Crippen LogP contribution in [0, 0.1) is 0 Å². The van der Waals surface area contributed by atoms with E-state index in [1.807, 2.05) is 24.3 Å². The summed E-state index contributed by atoms with van der Waals surface area (Å²) in [5.41, 5.74) is 3.11. The minimum Gasteiger partial charge on any atom is -0.496 e. The number of rotatable bonds is 8. The van der Waals surface area contributed by atoms with Gasteiger partial charge in [0.25, 0.3) is 5.91 Å². The summed E-state index contributed by atoms with van der Waals surface area (Å²) < 4.78 is 10.6. The zero-order chi connectivity index (χ0) is 23.6. The Labute approximate surface area is 194 Å². The van der Waals surface area contributed by atoms with Gasteiger partial charge in [-0.2, -0.15) is 10.2 Å². The van der Waals surface area contributed by atoms with Crippen molar-refractivity contribution >= 4 is 24.4 Å². The Bertz CT molecular complexity index is 983. The monoisotopic (exact) mass is 453 g/mol. The molecule has 2 N–H and O–H groups in total. The van der Waals surface area contributed by atoms with E-state index in [1.54, 1.807) is 37.4 Å². The molecule has 2 aliphatic heterocycles. The van der Waals surface area contributed by atoms with Crippen LogP contribution in [-0.2, 0) is 17.7 Å². The second kappa shape index (κ2) is 11.8. The number of allylic oxidation sites excluding steroid dienone is 3. The van der Waals surface area contributed by atoms with Gasteiger partial charge in [0.1, 0.15) is 11.9 Å². The van der Waals surface area contributed by atoms with Gasteiger partial charge in [0, 0.05) is 19.3 Å². The average molecular weight is 454 g/mol. The fourth-order valence-electron chi connectivity index (χ4n) is 3.56. The molecule has 2 aliphatic rings. The fraction of sp³-hybridized carbons (Fsp3) is 0.417. The van der Waals surface area contributed by atoms with E-state index < -0.39 is 6.17 Å². The minimum absolute atomic E-state index is 0.288. The molecule has 1 aromatic carbocycles. The number of nitrogens with zero attached hydrogens (tertiary/aromatic N) is 3. The van der Waals surface area contributed by atoms with Gasteiger partial charge in [-0.1, -0.05) is 19.4 Å². The van der Waals surface area contributed by atoms with Crippen LogP contribution in [0.4, 0.5) is 4.79 Å². The number of carbonyl (C=O) groups excluding carboxylic acids is 2. The SMILES string of the molecule is CCCC=NN=CC1=CC=CC(NC(=O)c2cc3c(cc2OC)CCN(C(=O)OCC)C3)N1. The van der Waals surface area contributed by atoms with Crippen LogP contribution in [0.25, 0.3) is 0 Å². The lowest BCUT2D eigenvalue weighted by atomic mass is 9.96. The molecule has 0 radical (unpaired) electrons. The third-order valence-corrected chi connectivity index (χ3v) is 5.26. The molecule has 0 aliphatic carbocycles. The van der Waals surface area contributed by atoms with Crippen LogP contribution < -0.4 is 15.4 Å². The van der Waals surface area contributed by atoms with Gasteiger partial charge in [-0.05, 0) is 55.2 Å². The molecular weight excluding hydrogens is 422 g/mol. The van der Waals surface area contributed by atoms with Gasteiger partial charge in [0.2, 0.25) is 0 Å². The van der Waals surface area contributed by atoms with Gasteiger partial charge in [-0.3, -0.25) is 4.79 Å². The molecular formula is C24H31N5O4. The second-order valence-electron chi connectivity index (χ2n) is 7.63. The third kappa shape index (κ3) is 6.44. The van der Waals surface area contributed by atoms with Crippen molar-refractivity contribution in [2.45, 2.75) is 45.8 Å². The van der Waals surface area contributed by atoms with Crippen molar-refractivity contribution in [2.75, 3.05) is 20.3 Å². The zero-order valence-corrected chi connectivity index (χ0v) is 19.3. The highest BCUT2D eigenvalue weighted by molar-refractivity contribution is 5.97. The first kappa shape index (κ1) is 24.0. The number of amides is 2. The smallest absolute Gasteiger partial charge is 0.410 e. The van der Waals surface area contributed by atoms with E-state index in [2.05, 4.69) is 27.8 Å². The summed E-state index contributed by atoms with van der Waals surface area (Å²) in [7, 11) is 1.54. The first-order valence-corrected chi connectivity index (χ1v) is 11.2. The van der Waals surface area contributed by atoms with Crippen molar-refractivity contribution in [3.8, 4) is 5.75 Å². The van der Waals surface area contributed by atoms with Crippen LogP contribution in [0.1, 0.15) is 48.2 Å². The lowest BCUT2D eigenvalue weighted by Gasteiger charge is -2.29. The number of methoxy groups -OCH3 is 1. The van der Waals surface area contributed by atoms with Crippen LogP contribution in [0.5, 0.6) is 5.75 Å². The molecule has 0 spiro atoms. The number of hydrogen-bond donors (Lipinski definition) is 2. The molecule has 0 saturated carbocycles. The van der Waals surface area contributed by atoms with Crippen LogP contribution in [0.2, 0.25) is 0 Å². The summed E-state index contributed by atoms with van der Waals surface area (Å²) >= 11 is 0. The van der Waals surface area contributed by atoms with E-state index in [4.69, 9.17) is 9.47 Å². The molecule has 2 amide bonds. The maximum Gasteiger partial charge on any atom is 0.410 e. The number of unbranched alkanes of at least 4 members (excludes halogenated alkanes) is 1. The molecule has 1 unspecified atom stereocenters. The molecule has 0 bridgehead atoms. The van der Waals surface area contributed by atoms with Gasteiger partial charge in [-0.15, -0.1) is 0 Å². The normalized spacial score (nSPS) is 17.5. The molecule has 1 atom stereocenters. The Balaban J connectivity index is 1.69. The van der Waals surface area contributed by atoms with Crippen molar-refractivity contribution in [3.05, 3.63) is 52.7 Å². The summed E-state index contributed by atoms with van der Waals surface area (Å²) in [5, 5.41) is 14.1. The molecule has 0 aromatic heterocycles. The molecule has 33 heavy (non-hydrogen) atoms. The Hall–Kier alpha value is -3.62. The summed E-state index contributed by atoms with van der Waals surface area (Å²) in [6.45, 7) is 5.14. The largest absolute Gasteiger partial charge is 0.496 e. The fourth-order valence-corrected chi connectivity index (χ4v) is 3.56. The molecule has 3 rings (SSSR count). The van der Waals surface area contributed by atoms with Crippen molar-refractivity contribution in [1.29, 1.82) is 0 Å². The van der Waals surface area contributed by atoms with E-state index >= 15 is 0 Å². The minimum atomic E-state index is -0.416. The molecule has 2 heterocycles. The van der Waals surface area contributed by atoms with Crippen molar-refractivity contribution in [1.82, 2.24) is 15.5 Å². The maximum atomic E-state index is 13.1. The number of dihydropyridines is 1. The number of ether oxygens (including phenoxy) is 2. The molecule has 9 nitrogen and oxygen atoms in total. The molecule has 1 aromatic rings. The van der Waals surface area contributed by atoms with Gasteiger partial charge in [0.05, 0.1) is 31.2 Å². The predicted octanol–water partition coefficient (Wildman–Crippen LogP) is 3.17. The van der Waals surface area contributed by atoms with Gasteiger partial charge in [0.15, 0.2) is 0 Å². The van der Waals surface area contributed by atoms with Crippen LogP contribution in [0.3, 0.4) is 0 Å². The van der Waals surface area contributed by atoms with Crippen LogP contribution in [0.15, 0.2) is 46.3 Å². The second-order valence-corrected chi connectivity index (χ2v) is 7.63. The highest BCUT2D eigenvalue weighted by Gasteiger charge is 2.25. The van der Waals surface area contributed by atoms with E-state index in [0.29, 0.717) is 37.4 Å². The Kier molecular flexibility index (Phi) is 8.63. The number of benzene rings is 1. The van der Waals surface area contributed by atoms with E-state index in [9.17, 15) is 9.59 Å². The average Bonchev–Trinajstić information content (AvgIpc) is 2.83. The Morgan fingerprint density at radius 3 is 2.88 bits per heavy atom. The van der Waals surface area contributed by atoms with Gasteiger partial charge >= 0.3 is 6.09 Å². The quantitative estimate of drug-likeness (QED) is 0.465. The van der Waals surface area contributed by atoms with Gasteiger partial charge < -0.3 is 25.0 Å². The first-order valence-electron chi connectivity index (χ1n) is 11.2. The standard InChI is InChI=1S/C24H31N5O4/c1-4-6-11-25-26-15-19-8-7-9-22(27-19)28-23(30)20-13-18-16-29(24(31)33-5-2)12-10-17(18)14-21(20)32-3/h7-9,11,13-15,22,27H,4-6,10,12,16H2,1-3H3,(H,28,30). The highest BCUT2D eigenvalue weighted by atomic mass is 16.6.